The SMILES string of the molecule is CC(C)(C)OC(=O)N1CCC(NC(=O)OCc2ccccc2)C[C@H]1c1nnc2ccccn12. The summed E-state index contributed by atoms with van der Waals surface area (Å²) in [5, 5.41) is 11.5. The Morgan fingerprint density at radius 3 is 2.61 bits per heavy atom. The molecule has 1 saturated heterocycles. The highest BCUT2D eigenvalue weighted by Gasteiger charge is 2.38. The number of likely N-dealkylation sites (tertiary alicyclic amines) is 1. The number of piperidine rings is 1. The molecule has 3 aromatic rings. The molecule has 0 spiro atoms. The molecule has 2 amide bonds. The molecule has 2 atom stereocenters. The maximum atomic E-state index is 13.0. The number of fused-ring (bicyclic) bond motifs is 1. The van der Waals surface area contributed by atoms with Gasteiger partial charge in [-0.2, -0.15) is 0 Å². The minimum atomic E-state index is -0.620. The Morgan fingerprint density at radius 1 is 1.09 bits per heavy atom. The number of aromatic nitrogens is 3. The standard InChI is InChI=1S/C24H29N5O4/c1-24(2,3)33-23(31)28-14-12-18(25-22(30)32-16-17-9-5-4-6-10-17)15-19(28)21-27-26-20-11-7-8-13-29(20)21/h4-11,13,18-19H,12,14-16H2,1-3H3,(H,25,30)/t18?,19-/m0/s1. The monoisotopic (exact) mass is 451 g/mol. The van der Waals surface area contributed by atoms with E-state index in [1.165, 1.54) is 0 Å². The number of ether oxygens (including phenoxy) is 2. The van der Waals surface area contributed by atoms with Crippen LogP contribution >= 0.6 is 0 Å². The molecule has 0 aliphatic carbocycles. The molecule has 1 unspecified atom stereocenters. The van der Waals surface area contributed by atoms with E-state index in [4.69, 9.17) is 9.47 Å². The van der Waals surface area contributed by atoms with Gasteiger partial charge in [0.25, 0.3) is 0 Å². The molecule has 1 fully saturated rings. The molecule has 0 radical (unpaired) electrons. The van der Waals surface area contributed by atoms with E-state index in [9.17, 15) is 9.59 Å². The van der Waals surface area contributed by atoms with Crippen molar-refractivity contribution in [3.63, 3.8) is 0 Å². The lowest BCUT2D eigenvalue weighted by Gasteiger charge is -2.39. The van der Waals surface area contributed by atoms with Crippen molar-refractivity contribution < 1.29 is 19.1 Å². The summed E-state index contributed by atoms with van der Waals surface area (Å²) in [4.78, 5) is 27.1. The molecule has 4 rings (SSSR count). The van der Waals surface area contributed by atoms with Gasteiger partial charge in [0, 0.05) is 18.8 Å². The van der Waals surface area contributed by atoms with Gasteiger partial charge >= 0.3 is 12.2 Å². The molecule has 1 aliphatic heterocycles. The molecule has 9 nitrogen and oxygen atoms in total. The summed E-state index contributed by atoms with van der Waals surface area (Å²) < 4.78 is 12.9. The minimum absolute atomic E-state index is 0.187. The molecule has 1 aromatic carbocycles. The number of amides is 2. The third kappa shape index (κ3) is 5.60. The van der Waals surface area contributed by atoms with Crippen molar-refractivity contribution in [2.45, 2.75) is 57.9 Å². The van der Waals surface area contributed by atoms with Gasteiger partial charge in [-0.3, -0.25) is 9.30 Å². The Bertz CT molecular complexity index is 1110. The first-order valence-electron chi connectivity index (χ1n) is 11.1. The van der Waals surface area contributed by atoms with E-state index in [0.717, 1.165) is 5.56 Å². The molecule has 3 heterocycles. The summed E-state index contributed by atoms with van der Waals surface area (Å²) in [7, 11) is 0. The molecule has 2 aromatic heterocycles. The molecule has 1 aliphatic rings. The second kappa shape index (κ2) is 9.48. The Morgan fingerprint density at radius 2 is 1.85 bits per heavy atom. The summed E-state index contributed by atoms with van der Waals surface area (Å²) in [5.41, 5.74) is 0.986. The molecule has 0 saturated carbocycles. The number of nitrogens with one attached hydrogen (secondary N) is 1. The van der Waals surface area contributed by atoms with Gasteiger partial charge in [-0.25, -0.2) is 9.59 Å². The van der Waals surface area contributed by atoms with Crippen LogP contribution in [0.3, 0.4) is 0 Å². The first-order chi connectivity index (χ1) is 15.8. The van der Waals surface area contributed by atoms with Crippen molar-refractivity contribution in [3.8, 4) is 0 Å². The number of carbonyl (C=O) groups is 2. The van der Waals surface area contributed by atoms with Gasteiger partial charge in [0.15, 0.2) is 11.5 Å². The number of pyridine rings is 1. The molecule has 1 N–H and O–H groups in total. The number of rotatable bonds is 4. The lowest BCUT2D eigenvalue weighted by Crippen LogP contribution is -2.49. The Balaban J connectivity index is 1.49. The third-order valence-electron chi connectivity index (χ3n) is 5.40. The highest BCUT2D eigenvalue weighted by atomic mass is 16.6. The van der Waals surface area contributed by atoms with Crippen molar-refractivity contribution in [3.05, 3.63) is 66.1 Å². The van der Waals surface area contributed by atoms with Crippen LogP contribution in [-0.2, 0) is 16.1 Å². The van der Waals surface area contributed by atoms with Crippen molar-refractivity contribution in [1.82, 2.24) is 24.8 Å². The highest BCUT2D eigenvalue weighted by molar-refractivity contribution is 5.70. The van der Waals surface area contributed by atoms with Gasteiger partial charge in [0.2, 0.25) is 0 Å². The first-order valence-corrected chi connectivity index (χ1v) is 11.1. The van der Waals surface area contributed by atoms with E-state index in [1.807, 2.05) is 79.9 Å². The average molecular weight is 452 g/mol. The van der Waals surface area contributed by atoms with Gasteiger partial charge in [-0.1, -0.05) is 36.4 Å². The van der Waals surface area contributed by atoms with E-state index < -0.39 is 23.8 Å². The number of hydrogen-bond acceptors (Lipinski definition) is 6. The lowest BCUT2D eigenvalue weighted by molar-refractivity contribution is 0.00531. The van der Waals surface area contributed by atoms with Crippen LogP contribution in [0.15, 0.2) is 54.7 Å². The third-order valence-corrected chi connectivity index (χ3v) is 5.40. The summed E-state index contributed by atoms with van der Waals surface area (Å²) in [6.45, 7) is 6.11. The lowest BCUT2D eigenvalue weighted by atomic mass is 9.97. The van der Waals surface area contributed by atoms with Crippen LogP contribution in [0, 0.1) is 0 Å². The Kier molecular flexibility index (Phi) is 6.48. The topological polar surface area (TPSA) is 98.1 Å². The fourth-order valence-electron chi connectivity index (χ4n) is 3.90. The van der Waals surface area contributed by atoms with Crippen LogP contribution < -0.4 is 5.32 Å². The number of hydrogen-bond donors (Lipinski definition) is 1. The predicted octanol–water partition coefficient (Wildman–Crippen LogP) is 4.10. The molecule has 9 heteroatoms. The molecular formula is C24H29N5O4. The smallest absolute Gasteiger partial charge is 0.410 e. The number of nitrogens with zero attached hydrogens (tertiary/aromatic N) is 4. The maximum absolute atomic E-state index is 13.0. The zero-order valence-electron chi connectivity index (χ0n) is 19.1. The van der Waals surface area contributed by atoms with Crippen LogP contribution in [-0.4, -0.2) is 49.9 Å². The second-order valence-corrected chi connectivity index (χ2v) is 9.10. The van der Waals surface area contributed by atoms with Crippen molar-refractivity contribution >= 4 is 17.8 Å². The quantitative estimate of drug-likeness (QED) is 0.641. The Hall–Kier alpha value is -3.62. The van der Waals surface area contributed by atoms with Crippen molar-refractivity contribution in [2.24, 2.45) is 0 Å². The van der Waals surface area contributed by atoms with Crippen LogP contribution in [0.25, 0.3) is 5.65 Å². The summed E-state index contributed by atoms with van der Waals surface area (Å²) in [5.74, 6) is 0.626. The molecule has 0 bridgehead atoms. The summed E-state index contributed by atoms with van der Waals surface area (Å²) >= 11 is 0. The zero-order chi connectivity index (χ0) is 23.4. The number of benzene rings is 1. The first kappa shape index (κ1) is 22.6. The Labute approximate surface area is 192 Å². The van der Waals surface area contributed by atoms with Crippen molar-refractivity contribution in [1.29, 1.82) is 0 Å². The van der Waals surface area contributed by atoms with E-state index >= 15 is 0 Å². The normalized spacial score (nSPS) is 18.7. The van der Waals surface area contributed by atoms with Gasteiger partial charge in [-0.05, 0) is 51.3 Å². The number of carbonyl (C=O) groups excluding carboxylic acids is 2. The maximum Gasteiger partial charge on any atom is 0.410 e. The average Bonchev–Trinajstić information content (AvgIpc) is 3.21. The summed E-state index contributed by atoms with van der Waals surface area (Å²) in [6, 6.07) is 14.5. The fourth-order valence-corrected chi connectivity index (χ4v) is 3.90. The van der Waals surface area contributed by atoms with E-state index in [2.05, 4.69) is 15.5 Å². The van der Waals surface area contributed by atoms with Crippen molar-refractivity contribution in [2.75, 3.05) is 6.54 Å². The molecule has 33 heavy (non-hydrogen) atoms. The van der Waals surface area contributed by atoms with Crippen LogP contribution in [0.2, 0.25) is 0 Å². The zero-order valence-corrected chi connectivity index (χ0v) is 19.1. The van der Waals surface area contributed by atoms with Crippen LogP contribution in [0.5, 0.6) is 0 Å². The predicted molar refractivity (Wildman–Crippen MR) is 121 cm³/mol. The van der Waals surface area contributed by atoms with E-state index in [0.29, 0.717) is 30.9 Å². The van der Waals surface area contributed by atoms with Gasteiger partial charge < -0.3 is 14.8 Å². The van der Waals surface area contributed by atoms with Gasteiger partial charge in [-0.15, -0.1) is 10.2 Å². The van der Waals surface area contributed by atoms with E-state index in [-0.39, 0.29) is 12.6 Å². The van der Waals surface area contributed by atoms with Gasteiger partial charge in [0.05, 0.1) is 6.04 Å². The minimum Gasteiger partial charge on any atom is -0.445 e. The second-order valence-electron chi connectivity index (χ2n) is 9.10. The van der Waals surface area contributed by atoms with Crippen LogP contribution in [0.1, 0.15) is 51.0 Å². The van der Waals surface area contributed by atoms with Crippen LogP contribution in [0.4, 0.5) is 9.59 Å². The molecule has 174 valence electrons. The highest BCUT2D eigenvalue weighted by Crippen LogP contribution is 2.32. The summed E-state index contributed by atoms with van der Waals surface area (Å²) in [6.07, 6.45) is 2.01. The van der Waals surface area contributed by atoms with Gasteiger partial charge in [0.1, 0.15) is 12.2 Å². The molecular weight excluding hydrogens is 422 g/mol. The number of alkyl carbamates (subject to hydrolysis) is 1. The van der Waals surface area contributed by atoms with E-state index in [1.54, 1.807) is 4.90 Å². The fraction of sp³-hybridized carbons (Fsp3) is 0.417. The largest absolute Gasteiger partial charge is 0.445 e.